The number of carbonyl (C=O) groups excluding carboxylic acids is 3. The molecule has 1 atom stereocenters. The molecule has 0 spiro atoms. The largest absolute Gasteiger partial charge is 0.335 e. The average Bonchev–Trinajstić information content (AvgIpc) is 2.76. The summed E-state index contributed by atoms with van der Waals surface area (Å²) in [4.78, 5) is 39.0. The molecule has 1 saturated heterocycles. The molecule has 2 aromatic carbocycles. The summed E-state index contributed by atoms with van der Waals surface area (Å²) in [7, 11) is 0. The van der Waals surface area contributed by atoms with E-state index in [2.05, 4.69) is 21.3 Å². The molecule has 0 radical (unpaired) electrons. The van der Waals surface area contributed by atoms with E-state index >= 15 is 0 Å². The van der Waals surface area contributed by atoms with Crippen LogP contribution in [0.15, 0.2) is 48.5 Å². The van der Waals surface area contributed by atoms with Crippen molar-refractivity contribution in [3.63, 3.8) is 0 Å². The van der Waals surface area contributed by atoms with Gasteiger partial charge in [-0.1, -0.05) is 35.9 Å². The topological polar surface area (TPSA) is 103 Å². The van der Waals surface area contributed by atoms with Gasteiger partial charge in [0.15, 0.2) is 0 Å². The summed E-state index contributed by atoms with van der Waals surface area (Å²) in [5, 5.41) is 11.0. The van der Waals surface area contributed by atoms with Gasteiger partial charge in [0.1, 0.15) is 0 Å². The molecule has 1 heterocycles. The van der Waals surface area contributed by atoms with E-state index in [9.17, 15) is 14.4 Å². The summed E-state index contributed by atoms with van der Waals surface area (Å²) in [6.07, 6.45) is 1.46. The number of piperidine rings is 1. The van der Waals surface area contributed by atoms with Crippen LogP contribution in [0.3, 0.4) is 0 Å². The molecule has 0 aliphatic carbocycles. The predicted molar refractivity (Wildman–Crippen MR) is 126 cm³/mol. The van der Waals surface area contributed by atoms with Crippen molar-refractivity contribution in [3.05, 3.63) is 59.7 Å². The molecule has 3 rings (SSSR count). The van der Waals surface area contributed by atoms with E-state index in [1.807, 2.05) is 67.3 Å². The highest BCUT2D eigenvalue weighted by Crippen LogP contribution is 2.16. The molecule has 5 amide bonds. The summed E-state index contributed by atoms with van der Waals surface area (Å²) in [5.74, 6) is -0.347. The summed E-state index contributed by atoms with van der Waals surface area (Å²) < 4.78 is 0. The van der Waals surface area contributed by atoms with Crippen LogP contribution in [-0.2, 0) is 4.79 Å². The number of nitrogens with zero attached hydrogens (tertiary/aromatic N) is 1. The van der Waals surface area contributed by atoms with Crippen LogP contribution in [0.1, 0.15) is 30.9 Å². The molecule has 0 bridgehead atoms. The average molecular weight is 438 g/mol. The molecule has 32 heavy (non-hydrogen) atoms. The van der Waals surface area contributed by atoms with Gasteiger partial charge in [-0.3, -0.25) is 15.0 Å². The quantitative estimate of drug-likeness (QED) is 0.574. The first-order chi connectivity index (χ1) is 15.3. The second kappa shape index (κ2) is 10.8. The van der Waals surface area contributed by atoms with Gasteiger partial charge >= 0.3 is 12.1 Å². The number of benzene rings is 2. The number of likely N-dealkylation sites (tertiary alicyclic amines) is 1. The molecular weight excluding hydrogens is 406 g/mol. The lowest BCUT2D eigenvalue weighted by Crippen LogP contribution is -2.53. The van der Waals surface area contributed by atoms with Gasteiger partial charge in [0.2, 0.25) is 5.91 Å². The number of anilines is 2. The SMILES string of the molecule is Cc1ccc(NC(=O)NC(=O)C(C)N2CCC(NC(=O)Nc3ccccc3)CC2)c(C)c1. The van der Waals surface area contributed by atoms with E-state index < -0.39 is 12.1 Å². The molecular formula is C24H31N5O3. The van der Waals surface area contributed by atoms with E-state index in [1.54, 1.807) is 6.92 Å². The Labute approximate surface area is 188 Å². The van der Waals surface area contributed by atoms with Crippen LogP contribution in [0.25, 0.3) is 0 Å². The third kappa shape index (κ3) is 6.55. The van der Waals surface area contributed by atoms with Crippen LogP contribution >= 0.6 is 0 Å². The van der Waals surface area contributed by atoms with Gasteiger partial charge in [0, 0.05) is 30.5 Å². The maximum absolute atomic E-state index is 12.6. The van der Waals surface area contributed by atoms with E-state index in [0.29, 0.717) is 18.8 Å². The standard InChI is InChI=1S/C24H31N5O3/c1-16-9-10-21(17(2)15-16)27-24(32)28-22(30)18(3)29-13-11-20(12-14-29)26-23(31)25-19-7-5-4-6-8-19/h4-10,15,18,20H,11-14H2,1-3H3,(H2,25,26,31)(H2,27,28,30,32). The minimum absolute atomic E-state index is 0.0398. The zero-order valence-electron chi connectivity index (χ0n) is 18.8. The lowest BCUT2D eigenvalue weighted by molar-refractivity contribution is -0.125. The second-order valence-electron chi connectivity index (χ2n) is 8.21. The second-order valence-corrected chi connectivity index (χ2v) is 8.21. The highest BCUT2D eigenvalue weighted by molar-refractivity contribution is 6.03. The Bertz CT molecular complexity index is 955. The number of amides is 5. The highest BCUT2D eigenvalue weighted by Gasteiger charge is 2.28. The van der Waals surface area contributed by atoms with Crippen LogP contribution in [0.2, 0.25) is 0 Å². The fraction of sp³-hybridized carbons (Fsp3) is 0.375. The number of hydrogen-bond acceptors (Lipinski definition) is 4. The Kier molecular flexibility index (Phi) is 7.83. The Balaban J connectivity index is 1.42. The van der Waals surface area contributed by atoms with Crippen molar-refractivity contribution in [2.24, 2.45) is 0 Å². The summed E-state index contributed by atoms with van der Waals surface area (Å²) in [6, 6.07) is 13.8. The number of aryl methyl sites for hydroxylation is 2. The van der Waals surface area contributed by atoms with Crippen molar-refractivity contribution < 1.29 is 14.4 Å². The van der Waals surface area contributed by atoms with Crippen molar-refractivity contribution in [1.82, 2.24) is 15.5 Å². The minimum atomic E-state index is -0.539. The number of urea groups is 2. The van der Waals surface area contributed by atoms with Gasteiger partial charge < -0.3 is 16.0 Å². The molecule has 170 valence electrons. The minimum Gasteiger partial charge on any atom is -0.335 e. The first-order valence-electron chi connectivity index (χ1n) is 10.9. The maximum Gasteiger partial charge on any atom is 0.325 e. The number of imide groups is 1. The lowest BCUT2D eigenvalue weighted by Gasteiger charge is -2.35. The van der Waals surface area contributed by atoms with E-state index in [0.717, 1.165) is 29.7 Å². The maximum atomic E-state index is 12.6. The monoisotopic (exact) mass is 437 g/mol. The van der Waals surface area contributed by atoms with Gasteiger partial charge in [-0.15, -0.1) is 0 Å². The molecule has 8 nitrogen and oxygen atoms in total. The van der Waals surface area contributed by atoms with Gasteiger partial charge in [-0.2, -0.15) is 0 Å². The Hall–Kier alpha value is -3.39. The number of hydrogen-bond donors (Lipinski definition) is 4. The Morgan fingerprint density at radius 3 is 2.28 bits per heavy atom. The third-order valence-electron chi connectivity index (χ3n) is 5.69. The molecule has 0 saturated carbocycles. The van der Waals surface area contributed by atoms with Crippen LogP contribution in [0, 0.1) is 13.8 Å². The summed E-state index contributed by atoms with van der Waals surface area (Å²) >= 11 is 0. The first kappa shape index (κ1) is 23.3. The van der Waals surface area contributed by atoms with Crippen LogP contribution in [-0.4, -0.2) is 48.0 Å². The summed E-state index contributed by atoms with van der Waals surface area (Å²) in [6.45, 7) is 6.99. The van der Waals surface area contributed by atoms with Gasteiger partial charge in [0.05, 0.1) is 6.04 Å². The van der Waals surface area contributed by atoms with Gasteiger partial charge in [-0.05, 0) is 57.4 Å². The van der Waals surface area contributed by atoms with Crippen LogP contribution in [0.4, 0.5) is 21.0 Å². The fourth-order valence-electron chi connectivity index (χ4n) is 3.79. The van der Waals surface area contributed by atoms with Gasteiger partial charge in [0.25, 0.3) is 0 Å². The molecule has 8 heteroatoms. The molecule has 1 fully saturated rings. The summed E-state index contributed by atoms with van der Waals surface area (Å²) in [5.41, 5.74) is 3.46. The Morgan fingerprint density at radius 1 is 0.938 bits per heavy atom. The predicted octanol–water partition coefficient (Wildman–Crippen LogP) is 3.63. The highest BCUT2D eigenvalue weighted by atomic mass is 16.2. The molecule has 1 aliphatic heterocycles. The van der Waals surface area contributed by atoms with Crippen molar-refractivity contribution in [1.29, 1.82) is 0 Å². The lowest BCUT2D eigenvalue weighted by atomic mass is 10.0. The molecule has 2 aromatic rings. The smallest absolute Gasteiger partial charge is 0.325 e. The van der Waals surface area contributed by atoms with E-state index in [1.165, 1.54) is 0 Å². The molecule has 4 N–H and O–H groups in total. The number of carbonyl (C=O) groups is 3. The normalized spacial score (nSPS) is 15.5. The molecule has 1 aliphatic rings. The molecule has 0 aromatic heterocycles. The zero-order chi connectivity index (χ0) is 23.1. The van der Waals surface area contributed by atoms with E-state index in [4.69, 9.17) is 0 Å². The van der Waals surface area contributed by atoms with Crippen molar-refractivity contribution in [2.45, 2.75) is 45.7 Å². The van der Waals surface area contributed by atoms with Crippen molar-refractivity contribution in [3.8, 4) is 0 Å². The van der Waals surface area contributed by atoms with E-state index in [-0.39, 0.29) is 18.0 Å². The van der Waals surface area contributed by atoms with Crippen LogP contribution < -0.4 is 21.3 Å². The van der Waals surface area contributed by atoms with Crippen molar-refractivity contribution in [2.75, 3.05) is 23.7 Å². The van der Waals surface area contributed by atoms with Crippen LogP contribution in [0.5, 0.6) is 0 Å². The first-order valence-corrected chi connectivity index (χ1v) is 10.9. The molecule has 1 unspecified atom stereocenters. The zero-order valence-corrected chi connectivity index (χ0v) is 18.8. The number of rotatable bonds is 5. The third-order valence-corrected chi connectivity index (χ3v) is 5.69. The van der Waals surface area contributed by atoms with Gasteiger partial charge in [-0.25, -0.2) is 9.59 Å². The number of nitrogens with one attached hydrogen (secondary N) is 4. The van der Waals surface area contributed by atoms with Crippen molar-refractivity contribution >= 4 is 29.3 Å². The Morgan fingerprint density at radius 2 is 1.62 bits per heavy atom. The number of para-hydroxylation sites is 1. The fourth-order valence-corrected chi connectivity index (χ4v) is 3.79.